The first kappa shape index (κ1) is 13.8. The Morgan fingerprint density at radius 2 is 2.00 bits per heavy atom. The molecule has 1 aliphatic rings. The topological polar surface area (TPSA) is 104 Å². The molecule has 1 aromatic heterocycles. The maximum Gasteiger partial charge on any atom is 0.346 e. The lowest BCUT2D eigenvalue weighted by Crippen LogP contribution is -2.52. The average Bonchev–Trinajstić information content (AvgIpc) is 2.43. The molecule has 3 N–H and O–H groups in total. The van der Waals surface area contributed by atoms with Crippen LogP contribution in [0.2, 0.25) is 0 Å². The van der Waals surface area contributed by atoms with E-state index in [0.717, 1.165) is 9.25 Å². The Morgan fingerprint density at radius 1 is 1.37 bits per heavy atom. The second kappa shape index (κ2) is 5.14. The van der Waals surface area contributed by atoms with Gasteiger partial charge in [0.15, 0.2) is 0 Å². The van der Waals surface area contributed by atoms with Crippen LogP contribution in [0.25, 0.3) is 0 Å². The average molecular weight is 269 g/mol. The molecule has 19 heavy (non-hydrogen) atoms. The van der Waals surface area contributed by atoms with Crippen LogP contribution in [0, 0.1) is 0 Å². The zero-order valence-corrected chi connectivity index (χ0v) is 11.2. The number of hydrogen-bond donors (Lipinski definition) is 2. The van der Waals surface area contributed by atoms with E-state index in [1.54, 1.807) is 0 Å². The summed E-state index contributed by atoms with van der Waals surface area (Å²) in [5.74, 6) is 0.150. The Morgan fingerprint density at radius 3 is 2.58 bits per heavy atom. The quantitative estimate of drug-likeness (QED) is 0.685. The van der Waals surface area contributed by atoms with Crippen molar-refractivity contribution in [3.05, 3.63) is 20.8 Å². The Labute approximate surface area is 110 Å². The fraction of sp³-hybridized carbons (Fsp3) is 0.727. The lowest BCUT2D eigenvalue weighted by molar-refractivity contribution is 0.0625. The predicted octanol–water partition coefficient (Wildman–Crippen LogP) is -1.60. The van der Waals surface area contributed by atoms with Crippen LogP contribution in [-0.2, 0) is 18.8 Å². The van der Waals surface area contributed by atoms with Crippen LogP contribution >= 0.6 is 0 Å². The van der Waals surface area contributed by atoms with Gasteiger partial charge in [0.05, 0.1) is 5.54 Å². The van der Waals surface area contributed by atoms with Crippen LogP contribution in [-0.4, -0.2) is 39.6 Å². The van der Waals surface area contributed by atoms with Crippen molar-refractivity contribution in [3.8, 4) is 0 Å². The molecule has 0 aliphatic carbocycles. The van der Waals surface area contributed by atoms with Gasteiger partial charge < -0.3 is 15.8 Å². The highest BCUT2D eigenvalue weighted by Gasteiger charge is 2.32. The van der Waals surface area contributed by atoms with Crippen LogP contribution in [0.5, 0.6) is 0 Å². The van der Waals surface area contributed by atoms with Gasteiger partial charge in [0.1, 0.15) is 0 Å². The molecule has 0 unspecified atom stereocenters. The van der Waals surface area contributed by atoms with Gasteiger partial charge >= 0.3 is 5.69 Å². The van der Waals surface area contributed by atoms with Gasteiger partial charge in [-0.3, -0.25) is 9.36 Å². The standard InChI is InChI=1S/C11H19N5O3/c1-15-9(17)8(14-16(2)10(15)18)13-11(7-12)3-5-19-6-4-11/h3-7,12H2,1-2H3,(H,13,14). The maximum absolute atomic E-state index is 12.0. The van der Waals surface area contributed by atoms with E-state index in [9.17, 15) is 9.59 Å². The van der Waals surface area contributed by atoms with E-state index in [1.165, 1.54) is 14.1 Å². The number of aromatic nitrogens is 3. The Balaban J connectivity index is 2.38. The molecule has 0 bridgehead atoms. The van der Waals surface area contributed by atoms with E-state index in [1.807, 2.05) is 0 Å². The Kier molecular flexibility index (Phi) is 3.72. The van der Waals surface area contributed by atoms with Crippen molar-refractivity contribution in [2.75, 3.05) is 25.1 Å². The smallest absolute Gasteiger partial charge is 0.346 e. The van der Waals surface area contributed by atoms with Gasteiger partial charge in [0.25, 0.3) is 5.56 Å². The van der Waals surface area contributed by atoms with E-state index >= 15 is 0 Å². The number of nitrogens with one attached hydrogen (secondary N) is 1. The molecule has 0 spiro atoms. The molecule has 8 nitrogen and oxygen atoms in total. The van der Waals surface area contributed by atoms with E-state index in [4.69, 9.17) is 10.5 Å². The molecule has 0 aromatic carbocycles. The minimum absolute atomic E-state index is 0.150. The van der Waals surface area contributed by atoms with Gasteiger partial charge in [0.2, 0.25) is 5.82 Å². The first-order valence-electron chi connectivity index (χ1n) is 6.19. The molecular weight excluding hydrogens is 250 g/mol. The highest BCUT2D eigenvalue weighted by molar-refractivity contribution is 5.34. The number of hydrogen-bond acceptors (Lipinski definition) is 6. The number of aryl methyl sites for hydroxylation is 1. The van der Waals surface area contributed by atoms with Crippen molar-refractivity contribution in [2.24, 2.45) is 19.8 Å². The van der Waals surface area contributed by atoms with Crippen molar-refractivity contribution < 1.29 is 4.74 Å². The molecule has 2 heterocycles. The van der Waals surface area contributed by atoms with E-state index < -0.39 is 16.8 Å². The second-order valence-corrected chi connectivity index (χ2v) is 4.84. The van der Waals surface area contributed by atoms with Crippen LogP contribution in [0.3, 0.4) is 0 Å². The monoisotopic (exact) mass is 269 g/mol. The highest BCUT2D eigenvalue weighted by atomic mass is 16.5. The van der Waals surface area contributed by atoms with E-state index in [-0.39, 0.29) is 5.82 Å². The third kappa shape index (κ3) is 2.54. The van der Waals surface area contributed by atoms with Gasteiger partial charge in [-0.05, 0) is 12.8 Å². The summed E-state index contributed by atoms with van der Waals surface area (Å²) in [4.78, 5) is 23.6. The summed E-state index contributed by atoms with van der Waals surface area (Å²) in [6.45, 7) is 1.57. The van der Waals surface area contributed by atoms with Crippen LogP contribution < -0.4 is 22.3 Å². The third-order valence-corrected chi connectivity index (χ3v) is 3.55. The van der Waals surface area contributed by atoms with Crippen molar-refractivity contribution in [1.82, 2.24) is 14.3 Å². The molecular formula is C11H19N5O3. The van der Waals surface area contributed by atoms with Crippen molar-refractivity contribution in [2.45, 2.75) is 18.4 Å². The van der Waals surface area contributed by atoms with Crippen LogP contribution in [0.1, 0.15) is 12.8 Å². The molecule has 0 atom stereocenters. The second-order valence-electron chi connectivity index (χ2n) is 4.84. The van der Waals surface area contributed by atoms with Gasteiger partial charge in [-0.15, -0.1) is 5.10 Å². The third-order valence-electron chi connectivity index (χ3n) is 3.55. The highest BCUT2D eigenvalue weighted by Crippen LogP contribution is 2.22. The summed E-state index contributed by atoms with van der Waals surface area (Å²) in [6.07, 6.45) is 1.41. The first-order valence-corrected chi connectivity index (χ1v) is 6.19. The van der Waals surface area contributed by atoms with Crippen molar-refractivity contribution in [1.29, 1.82) is 0 Å². The minimum atomic E-state index is -0.454. The van der Waals surface area contributed by atoms with Crippen molar-refractivity contribution >= 4 is 5.82 Å². The molecule has 1 fully saturated rings. The van der Waals surface area contributed by atoms with Gasteiger partial charge in [-0.1, -0.05) is 0 Å². The summed E-state index contributed by atoms with van der Waals surface area (Å²) in [6, 6.07) is 0. The molecule has 0 radical (unpaired) electrons. The summed E-state index contributed by atoms with van der Waals surface area (Å²) in [5.41, 5.74) is 4.53. The molecule has 0 saturated carbocycles. The molecule has 8 heteroatoms. The lowest BCUT2D eigenvalue weighted by atomic mass is 9.90. The Bertz CT molecular complexity index is 571. The first-order chi connectivity index (χ1) is 8.99. The normalized spacial score (nSPS) is 18.3. The molecule has 106 valence electrons. The van der Waals surface area contributed by atoms with Gasteiger partial charge in [0, 0.05) is 33.9 Å². The van der Waals surface area contributed by atoms with E-state index in [0.29, 0.717) is 32.6 Å². The zero-order chi connectivity index (χ0) is 14.0. The molecule has 2 rings (SSSR count). The zero-order valence-electron chi connectivity index (χ0n) is 11.2. The fourth-order valence-corrected chi connectivity index (χ4v) is 2.17. The number of nitrogens with zero attached hydrogens (tertiary/aromatic N) is 3. The molecule has 1 saturated heterocycles. The molecule has 1 aliphatic heterocycles. The minimum Gasteiger partial charge on any atom is -0.381 e. The Hall–Kier alpha value is -1.67. The fourth-order valence-electron chi connectivity index (χ4n) is 2.17. The summed E-state index contributed by atoms with van der Waals surface area (Å²) in [7, 11) is 2.93. The van der Waals surface area contributed by atoms with Crippen LogP contribution in [0.4, 0.5) is 5.82 Å². The predicted molar refractivity (Wildman–Crippen MR) is 70.2 cm³/mol. The number of nitrogens with two attached hydrogens (primary N) is 1. The van der Waals surface area contributed by atoms with E-state index in [2.05, 4.69) is 10.4 Å². The lowest BCUT2D eigenvalue weighted by Gasteiger charge is -2.37. The van der Waals surface area contributed by atoms with Gasteiger partial charge in [-0.25, -0.2) is 9.48 Å². The largest absolute Gasteiger partial charge is 0.381 e. The number of rotatable bonds is 3. The van der Waals surface area contributed by atoms with Gasteiger partial charge in [-0.2, -0.15) is 0 Å². The number of ether oxygens (including phenoxy) is 1. The molecule has 0 amide bonds. The van der Waals surface area contributed by atoms with Crippen molar-refractivity contribution in [3.63, 3.8) is 0 Å². The maximum atomic E-state index is 12.0. The SMILES string of the molecule is Cn1nc(NC2(CN)CCOCC2)c(=O)n(C)c1=O. The molecule has 1 aromatic rings. The number of anilines is 1. The van der Waals surface area contributed by atoms with Crippen LogP contribution in [0.15, 0.2) is 9.59 Å². The summed E-state index contributed by atoms with van der Waals surface area (Å²) < 4.78 is 7.47. The summed E-state index contributed by atoms with van der Waals surface area (Å²) >= 11 is 0. The summed E-state index contributed by atoms with van der Waals surface area (Å²) in [5, 5.41) is 7.10.